The Morgan fingerprint density at radius 1 is 1.19 bits per heavy atom. The second kappa shape index (κ2) is 9.34. The Kier molecular flexibility index (Phi) is 6.36. The zero-order chi connectivity index (χ0) is 21.8. The Hall–Kier alpha value is -3.14. The van der Waals surface area contributed by atoms with Gasteiger partial charge in [0.25, 0.3) is 5.91 Å². The number of unbranched alkanes of at least 4 members (excludes halogenated alkanes) is 4. The summed E-state index contributed by atoms with van der Waals surface area (Å²) >= 11 is 1.49. The first kappa shape index (κ1) is 21.1. The number of benzene rings is 1. The molecule has 31 heavy (non-hydrogen) atoms. The van der Waals surface area contributed by atoms with E-state index in [1.54, 1.807) is 6.07 Å². The van der Waals surface area contributed by atoms with Crippen LogP contribution in [0.15, 0.2) is 50.9 Å². The van der Waals surface area contributed by atoms with E-state index in [0.29, 0.717) is 21.4 Å². The maximum Gasteiger partial charge on any atom is 0.433 e. The van der Waals surface area contributed by atoms with E-state index in [2.05, 4.69) is 22.3 Å². The summed E-state index contributed by atoms with van der Waals surface area (Å²) in [5.74, 6) is 0.437. The lowest BCUT2D eigenvalue weighted by Gasteiger charge is -2.32. The predicted molar refractivity (Wildman–Crippen MR) is 117 cm³/mol. The first-order chi connectivity index (χ1) is 15.1. The molecule has 10 heteroatoms. The molecule has 0 fully saturated rings. The van der Waals surface area contributed by atoms with Crippen LogP contribution in [0.1, 0.15) is 51.0 Å². The van der Waals surface area contributed by atoms with Gasteiger partial charge in [-0.2, -0.15) is 0 Å². The highest BCUT2D eigenvalue weighted by atomic mass is 32.2. The first-order valence-corrected chi connectivity index (χ1v) is 11.3. The molecule has 0 unspecified atom stereocenters. The molecule has 0 bridgehead atoms. The summed E-state index contributed by atoms with van der Waals surface area (Å²) in [6.45, 7) is 2.18. The van der Waals surface area contributed by atoms with Gasteiger partial charge in [-0.25, -0.2) is 10.0 Å². The van der Waals surface area contributed by atoms with Crippen LogP contribution in [-0.2, 0) is 4.79 Å². The molecule has 4 rings (SSSR count). The number of thioether (sulfide) groups is 1. The lowest BCUT2D eigenvalue weighted by molar-refractivity contribution is -0.402. The van der Waals surface area contributed by atoms with Crippen molar-refractivity contribution in [3.63, 3.8) is 0 Å². The summed E-state index contributed by atoms with van der Waals surface area (Å²) < 4.78 is 5.40. The van der Waals surface area contributed by atoms with Gasteiger partial charge in [0.05, 0.1) is 11.4 Å². The molecule has 1 N–H and O–H groups in total. The van der Waals surface area contributed by atoms with Crippen molar-refractivity contribution in [1.29, 1.82) is 0 Å². The van der Waals surface area contributed by atoms with E-state index >= 15 is 0 Å². The van der Waals surface area contributed by atoms with Gasteiger partial charge in [0.1, 0.15) is 10.6 Å². The van der Waals surface area contributed by atoms with Crippen LogP contribution < -0.4 is 15.9 Å². The van der Waals surface area contributed by atoms with Crippen LogP contribution in [0, 0.1) is 10.1 Å². The fourth-order valence-electron chi connectivity index (χ4n) is 3.53. The number of carbonyl (C=O) groups excluding carboxylic acids is 1. The summed E-state index contributed by atoms with van der Waals surface area (Å²) in [5, 5.41) is 21.8. The van der Waals surface area contributed by atoms with Gasteiger partial charge in [0.2, 0.25) is 6.17 Å². The van der Waals surface area contributed by atoms with Crippen molar-refractivity contribution < 1.29 is 14.1 Å². The molecule has 0 radical (unpaired) electrons. The Balaban J connectivity index is 1.64. The number of amides is 1. The minimum Gasteiger partial charge on any atom is -0.401 e. The second-order valence-corrected chi connectivity index (χ2v) is 8.35. The maximum absolute atomic E-state index is 13.0. The summed E-state index contributed by atoms with van der Waals surface area (Å²) in [7, 11) is 0. The molecule has 2 aliphatic rings. The highest BCUT2D eigenvalue weighted by Gasteiger charge is 2.36. The van der Waals surface area contributed by atoms with Gasteiger partial charge >= 0.3 is 5.88 Å². The van der Waals surface area contributed by atoms with E-state index in [-0.39, 0.29) is 17.6 Å². The van der Waals surface area contributed by atoms with E-state index in [1.807, 2.05) is 18.2 Å². The van der Waals surface area contributed by atoms with Crippen molar-refractivity contribution in [2.24, 2.45) is 10.1 Å². The van der Waals surface area contributed by atoms with Gasteiger partial charge in [0, 0.05) is 11.0 Å². The maximum atomic E-state index is 13.0. The fourth-order valence-corrected chi connectivity index (χ4v) is 4.38. The number of fused-ring (bicyclic) bond motifs is 2. The smallest absolute Gasteiger partial charge is 0.401 e. The van der Waals surface area contributed by atoms with Crippen molar-refractivity contribution in [2.75, 3.05) is 5.75 Å². The molecule has 0 aliphatic carbocycles. The Labute approximate surface area is 183 Å². The number of nitrogens with one attached hydrogen (secondary N) is 1. The number of nitro groups is 1. The third-order valence-electron chi connectivity index (χ3n) is 5.05. The highest BCUT2D eigenvalue weighted by molar-refractivity contribution is 8.13. The third-order valence-corrected chi connectivity index (χ3v) is 6.00. The van der Waals surface area contributed by atoms with Crippen molar-refractivity contribution in [1.82, 2.24) is 10.3 Å². The average molecular weight is 442 g/mol. The minimum absolute atomic E-state index is 0.251. The standard InChI is InChI=1S/C21H23N5O4S/c1-2-3-4-5-8-13-31-21-23-20(27)18-14-9-6-7-10-15(14)22-19(25(18)24-21)16-11-12-17(30-16)26(28)29/h6-7,9-12,19H,2-5,8,13H2,1H3,(H,23,24,27)/t19-/m1/s1. The number of para-hydroxylation sites is 1. The number of amidine groups is 1. The number of nitrogens with zero attached hydrogens (tertiary/aromatic N) is 4. The normalized spacial score (nSPS) is 17.4. The fraction of sp³-hybridized carbons (Fsp3) is 0.381. The van der Waals surface area contributed by atoms with Gasteiger partial charge < -0.3 is 4.42 Å². The van der Waals surface area contributed by atoms with Gasteiger partial charge in [-0.15, -0.1) is 5.10 Å². The van der Waals surface area contributed by atoms with E-state index in [1.165, 1.54) is 48.2 Å². The van der Waals surface area contributed by atoms with Crippen LogP contribution in [0.25, 0.3) is 5.70 Å². The Morgan fingerprint density at radius 3 is 2.77 bits per heavy atom. The molecule has 2 aliphatic heterocycles. The molecular weight excluding hydrogens is 418 g/mol. The molecule has 2 aromatic rings. The lowest BCUT2D eigenvalue weighted by atomic mass is 10.1. The molecular formula is C21H23N5O4S. The summed E-state index contributed by atoms with van der Waals surface area (Å²) in [4.78, 5) is 28.1. The zero-order valence-corrected chi connectivity index (χ0v) is 17.9. The molecule has 162 valence electrons. The van der Waals surface area contributed by atoms with Crippen LogP contribution in [0.3, 0.4) is 0 Å². The first-order valence-electron chi connectivity index (χ1n) is 10.3. The van der Waals surface area contributed by atoms with Crippen molar-refractivity contribution in [3.8, 4) is 0 Å². The topological polar surface area (TPSA) is 113 Å². The molecule has 1 amide bonds. The number of hydrazone groups is 1. The van der Waals surface area contributed by atoms with Gasteiger partial charge in [-0.1, -0.05) is 62.6 Å². The predicted octanol–water partition coefficient (Wildman–Crippen LogP) is 3.03. The molecule has 3 heterocycles. The van der Waals surface area contributed by atoms with Crippen molar-refractivity contribution in [2.45, 2.75) is 45.2 Å². The molecule has 1 atom stereocenters. The third kappa shape index (κ3) is 4.48. The van der Waals surface area contributed by atoms with Gasteiger partial charge in [0.15, 0.2) is 10.9 Å². The molecule has 0 spiro atoms. The molecule has 0 saturated carbocycles. The molecule has 1 aromatic heterocycles. The zero-order valence-electron chi connectivity index (χ0n) is 17.1. The van der Waals surface area contributed by atoms with Crippen molar-refractivity contribution in [3.05, 3.63) is 62.8 Å². The number of hydrogen-bond donors (Lipinski definition) is 1. The molecule has 1 aromatic carbocycles. The van der Waals surface area contributed by atoms with Gasteiger partial charge in [-0.3, -0.25) is 20.2 Å². The van der Waals surface area contributed by atoms with Crippen LogP contribution in [0.2, 0.25) is 0 Å². The monoisotopic (exact) mass is 441 g/mol. The number of furan rings is 1. The number of carbonyl (C=O) groups is 1. The van der Waals surface area contributed by atoms with E-state index in [4.69, 9.17) is 4.42 Å². The summed E-state index contributed by atoms with van der Waals surface area (Å²) in [5.41, 5.74) is 0.349. The average Bonchev–Trinajstić information content (AvgIpc) is 3.26. The van der Waals surface area contributed by atoms with Crippen LogP contribution in [0.5, 0.6) is 0 Å². The minimum atomic E-state index is -0.801. The highest BCUT2D eigenvalue weighted by Crippen LogP contribution is 2.33. The van der Waals surface area contributed by atoms with Crippen LogP contribution in [-0.4, -0.2) is 26.8 Å². The largest absolute Gasteiger partial charge is 0.433 e. The van der Waals surface area contributed by atoms with E-state index in [0.717, 1.165) is 18.6 Å². The van der Waals surface area contributed by atoms with Crippen LogP contribution >= 0.6 is 11.8 Å². The summed E-state index contributed by atoms with van der Waals surface area (Å²) in [6, 6.07) is 10.0. The summed E-state index contributed by atoms with van der Waals surface area (Å²) in [6.07, 6.45) is 5.01. The molecule has 9 nitrogen and oxygen atoms in total. The van der Waals surface area contributed by atoms with Gasteiger partial charge in [-0.05, 0) is 18.6 Å². The number of rotatable bonds is 8. The molecule has 0 saturated heterocycles. The van der Waals surface area contributed by atoms with E-state index < -0.39 is 11.1 Å². The second-order valence-electron chi connectivity index (χ2n) is 7.27. The Bertz CT molecular complexity index is 1140. The van der Waals surface area contributed by atoms with Crippen molar-refractivity contribution >= 4 is 34.4 Å². The SMILES string of the molecule is CCCCCCCSC1=NN2C(=c3ccccc3=N[C@H]2c2ccc([N+](=O)[O-])o2)C(=O)N1. The lowest BCUT2D eigenvalue weighted by Crippen LogP contribution is -2.50. The quantitative estimate of drug-likeness (QED) is 0.383. The van der Waals surface area contributed by atoms with Crippen LogP contribution in [0.4, 0.5) is 5.88 Å². The Morgan fingerprint density at radius 2 is 2.00 bits per heavy atom. The van der Waals surface area contributed by atoms with E-state index in [9.17, 15) is 14.9 Å². The number of hydrogen-bond acceptors (Lipinski definition) is 8.